The van der Waals surface area contributed by atoms with Crippen LogP contribution in [0.1, 0.15) is 37.0 Å². The Morgan fingerprint density at radius 3 is 2.38 bits per heavy atom. The molecule has 1 atom stereocenters. The monoisotopic (exact) mass is 510 g/mol. The molecule has 0 aliphatic carbocycles. The summed E-state index contributed by atoms with van der Waals surface area (Å²) in [7, 11) is 0. The lowest BCUT2D eigenvalue weighted by Gasteiger charge is -2.30. The van der Waals surface area contributed by atoms with Crippen molar-refractivity contribution in [3.63, 3.8) is 0 Å². The summed E-state index contributed by atoms with van der Waals surface area (Å²) in [6, 6.07) is 5.77. The number of benzene rings is 2. The van der Waals surface area contributed by atoms with Gasteiger partial charge in [-0.15, -0.1) is 0 Å². The van der Waals surface area contributed by atoms with E-state index in [0.717, 1.165) is 18.2 Å². The third-order valence-electron chi connectivity index (χ3n) is 4.99. The van der Waals surface area contributed by atoms with Crippen molar-refractivity contribution in [2.45, 2.75) is 38.6 Å². The van der Waals surface area contributed by atoms with Gasteiger partial charge in [0.2, 0.25) is 5.91 Å². The molecule has 0 aromatic heterocycles. The quantitative estimate of drug-likeness (QED) is 0.361. The molecule has 172 valence electrons. The normalized spacial score (nSPS) is 18.5. The van der Waals surface area contributed by atoms with Gasteiger partial charge in [-0.2, -0.15) is 13.2 Å². The van der Waals surface area contributed by atoms with Gasteiger partial charge in [0.25, 0.3) is 5.60 Å². The summed E-state index contributed by atoms with van der Waals surface area (Å²) in [6.45, 7) is 3.23. The molecule has 0 spiro atoms. The molecule has 0 bridgehead atoms. The summed E-state index contributed by atoms with van der Waals surface area (Å²) >= 11 is 17.7. The molecule has 32 heavy (non-hydrogen) atoms. The van der Waals surface area contributed by atoms with Gasteiger partial charge in [0.1, 0.15) is 5.82 Å². The van der Waals surface area contributed by atoms with Crippen LogP contribution in [-0.4, -0.2) is 17.8 Å². The molecular formula is C21H17Cl3F4N2O2. The van der Waals surface area contributed by atoms with Gasteiger partial charge in [-0.1, -0.05) is 59.9 Å². The minimum atomic E-state index is -4.88. The number of amides is 1. The topological polar surface area (TPSA) is 50.7 Å². The molecule has 2 aromatic rings. The first kappa shape index (κ1) is 24.6. The summed E-state index contributed by atoms with van der Waals surface area (Å²) in [6.07, 6.45) is -5.58. The van der Waals surface area contributed by atoms with Crippen LogP contribution >= 0.6 is 34.8 Å². The maximum absolute atomic E-state index is 14.2. The van der Waals surface area contributed by atoms with Gasteiger partial charge in [0, 0.05) is 35.6 Å². The van der Waals surface area contributed by atoms with Crippen LogP contribution < -0.4 is 5.32 Å². The molecule has 0 saturated heterocycles. The van der Waals surface area contributed by atoms with E-state index in [1.807, 2.05) is 0 Å². The first-order valence-electron chi connectivity index (χ1n) is 9.39. The smallest absolute Gasteiger partial charge is 0.374 e. The number of halogens is 7. The fraction of sp³-hybridized carbons (Fsp3) is 0.333. The Labute approximate surface area is 196 Å². The van der Waals surface area contributed by atoms with Crippen LogP contribution in [0.3, 0.4) is 0 Å². The second-order valence-electron chi connectivity index (χ2n) is 7.56. The van der Waals surface area contributed by atoms with Gasteiger partial charge in [0.05, 0.1) is 20.8 Å². The Balaban J connectivity index is 1.94. The van der Waals surface area contributed by atoms with E-state index in [4.69, 9.17) is 39.6 Å². The first-order valence-corrected chi connectivity index (χ1v) is 10.5. The zero-order valence-corrected chi connectivity index (χ0v) is 19.1. The predicted molar refractivity (Wildman–Crippen MR) is 115 cm³/mol. The van der Waals surface area contributed by atoms with Crippen LogP contribution in [0.25, 0.3) is 0 Å². The van der Waals surface area contributed by atoms with E-state index in [0.29, 0.717) is 0 Å². The molecule has 1 aliphatic heterocycles. The third-order valence-corrected chi connectivity index (χ3v) is 6.19. The SMILES string of the molecule is CC(C)C(=O)NCc1cc(C2=NOC(c3cc(Cl)c(Cl)c(Cl)c3)(C(F)(F)F)C2)ccc1F. The molecule has 1 amide bonds. The average molecular weight is 512 g/mol. The van der Waals surface area contributed by atoms with Crippen LogP contribution in [0.15, 0.2) is 35.5 Å². The van der Waals surface area contributed by atoms with Crippen molar-refractivity contribution in [2.24, 2.45) is 11.1 Å². The standard InChI is InChI=1S/C21H17Cl3F4N2O2/c1-10(2)19(31)29-9-12-5-11(3-4-16(12)25)17-8-20(32-30-17,21(26,27)28)13-6-14(22)18(24)15(23)7-13/h3-7,10H,8-9H2,1-2H3,(H,29,31). The summed E-state index contributed by atoms with van der Waals surface area (Å²) in [5.74, 6) is -1.21. The molecule has 0 saturated carbocycles. The number of hydrogen-bond acceptors (Lipinski definition) is 3. The molecule has 1 N–H and O–H groups in total. The van der Waals surface area contributed by atoms with Gasteiger partial charge in [-0.3, -0.25) is 4.79 Å². The fourth-order valence-corrected chi connectivity index (χ4v) is 3.72. The Hall–Kier alpha value is -2.03. The molecular weight excluding hydrogens is 495 g/mol. The second-order valence-corrected chi connectivity index (χ2v) is 8.76. The molecule has 4 nitrogen and oxygen atoms in total. The van der Waals surface area contributed by atoms with E-state index in [1.54, 1.807) is 13.8 Å². The summed E-state index contributed by atoms with van der Waals surface area (Å²) in [5.41, 5.74) is -2.95. The van der Waals surface area contributed by atoms with Crippen molar-refractivity contribution in [2.75, 3.05) is 0 Å². The van der Waals surface area contributed by atoms with Crippen molar-refractivity contribution in [3.05, 3.63) is 67.9 Å². The van der Waals surface area contributed by atoms with E-state index in [2.05, 4.69) is 10.5 Å². The third kappa shape index (κ3) is 4.67. The zero-order valence-electron chi connectivity index (χ0n) is 16.8. The molecule has 1 aliphatic rings. The highest BCUT2D eigenvalue weighted by atomic mass is 35.5. The van der Waals surface area contributed by atoms with Crippen LogP contribution in [0.2, 0.25) is 15.1 Å². The minimum absolute atomic E-state index is 0.0547. The summed E-state index contributed by atoms with van der Waals surface area (Å²) in [4.78, 5) is 16.7. The van der Waals surface area contributed by atoms with Crippen molar-refractivity contribution in [3.8, 4) is 0 Å². The number of carbonyl (C=O) groups excluding carboxylic acids is 1. The van der Waals surface area contributed by atoms with Gasteiger partial charge in [-0.05, 0) is 24.3 Å². The Kier molecular flexibility index (Phi) is 6.98. The maximum Gasteiger partial charge on any atom is 0.435 e. The van der Waals surface area contributed by atoms with Crippen molar-refractivity contribution in [1.29, 1.82) is 0 Å². The van der Waals surface area contributed by atoms with Gasteiger partial charge in [-0.25, -0.2) is 4.39 Å². The van der Waals surface area contributed by atoms with Gasteiger partial charge >= 0.3 is 6.18 Å². The maximum atomic E-state index is 14.2. The molecule has 1 heterocycles. The zero-order chi connectivity index (χ0) is 23.8. The van der Waals surface area contributed by atoms with Crippen LogP contribution in [0.5, 0.6) is 0 Å². The number of oxime groups is 1. The van der Waals surface area contributed by atoms with E-state index in [-0.39, 0.29) is 55.8 Å². The van der Waals surface area contributed by atoms with E-state index < -0.39 is 24.0 Å². The van der Waals surface area contributed by atoms with Gasteiger partial charge < -0.3 is 10.2 Å². The molecule has 3 rings (SSSR count). The lowest BCUT2D eigenvalue weighted by molar-refractivity contribution is -0.275. The largest absolute Gasteiger partial charge is 0.435 e. The highest BCUT2D eigenvalue weighted by molar-refractivity contribution is 6.48. The van der Waals surface area contributed by atoms with E-state index in [9.17, 15) is 22.4 Å². The van der Waals surface area contributed by atoms with Gasteiger partial charge in [0.15, 0.2) is 0 Å². The van der Waals surface area contributed by atoms with E-state index in [1.165, 1.54) is 12.1 Å². The molecule has 0 radical (unpaired) electrons. The number of carbonyl (C=O) groups is 1. The molecule has 11 heteroatoms. The number of hydrogen-bond donors (Lipinski definition) is 1. The average Bonchev–Trinajstić information content (AvgIpc) is 3.17. The van der Waals surface area contributed by atoms with Crippen LogP contribution in [-0.2, 0) is 21.8 Å². The van der Waals surface area contributed by atoms with Crippen molar-refractivity contribution >= 4 is 46.4 Å². The second kappa shape index (κ2) is 9.08. The highest BCUT2D eigenvalue weighted by Crippen LogP contribution is 2.50. The minimum Gasteiger partial charge on any atom is -0.374 e. The number of nitrogens with zero attached hydrogens (tertiary/aromatic N) is 1. The van der Waals surface area contributed by atoms with Crippen LogP contribution in [0, 0.1) is 11.7 Å². The Bertz CT molecular complexity index is 1070. The van der Waals surface area contributed by atoms with E-state index >= 15 is 0 Å². The molecule has 0 fully saturated rings. The number of alkyl halides is 3. The lowest BCUT2D eigenvalue weighted by atomic mass is 9.86. The molecule has 2 aromatic carbocycles. The Morgan fingerprint density at radius 1 is 1.19 bits per heavy atom. The number of rotatable bonds is 5. The summed E-state index contributed by atoms with van der Waals surface area (Å²) in [5, 5.41) is 5.80. The first-order chi connectivity index (χ1) is 14.9. The number of nitrogens with one attached hydrogen (secondary N) is 1. The van der Waals surface area contributed by atoms with Crippen molar-refractivity contribution < 1.29 is 27.2 Å². The highest BCUT2D eigenvalue weighted by Gasteiger charge is 2.62. The summed E-state index contributed by atoms with van der Waals surface area (Å²) < 4.78 is 56.7. The predicted octanol–water partition coefficient (Wildman–Crippen LogP) is 6.64. The Morgan fingerprint density at radius 2 is 1.81 bits per heavy atom. The fourth-order valence-electron chi connectivity index (χ4n) is 3.12. The lowest BCUT2D eigenvalue weighted by Crippen LogP contribution is -2.42. The van der Waals surface area contributed by atoms with Crippen LogP contribution in [0.4, 0.5) is 17.6 Å². The van der Waals surface area contributed by atoms with Crippen molar-refractivity contribution in [1.82, 2.24) is 5.32 Å². The molecule has 1 unspecified atom stereocenters.